The number of aromatic nitrogens is 1. The molecule has 0 radical (unpaired) electrons. The standard InChI is InChI=1S/C54H36N2O/c1-4-18-37(19-5-1)40-34-35-48(45(36-40)39-22-8-3-9-23-39)55-47-29-14-11-26-44(47)53-49(55)30-17-31-50(53)56(46-28-13-10-24-41(46)38-20-6-2-7-21-38)51-32-16-27-43-42-25-12-15-33-52(42)57-54(43)51/h1-36H. The molecule has 3 heteroatoms. The van der Waals surface area contributed by atoms with Crippen molar-refractivity contribution in [3.05, 3.63) is 218 Å². The van der Waals surface area contributed by atoms with E-state index in [0.717, 1.165) is 72.2 Å². The Morgan fingerprint density at radius 1 is 0.351 bits per heavy atom. The van der Waals surface area contributed by atoms with Gasteiger partial charge in [0.2, 0.25) is 0 Å². The molecule has 2 heterocycles. The maximum Gasteiger partial charge on any atom is 0.159 e. The molecule has 0 saturated carbocycles. The Kier molecular flexibility index (Phi) is 7.82. The lowest BCUT2D eigenvalue weighted by Crippen LogP contribution is -2.12. The predicted molar refractivity (Wildman–Crippen MR) is 239 cm³/mol. The third-order valence-electron chi connectivity index (χ3n) is 11.2. The molecule has 57 heavy (non-hydrogen) atoms. The van der Waals surface area contributed by atoms with Crippen LogP contribution in [0.4, 0.5) is 17.1 Å². The highest BCUT2D eigenvalue weighted by atomic mass is 16.3. The first-order valence-corrected chi connectivity index (χ1v) is 19.4. The van der Waals surface area contributed by atoms with Gasteiger partial charge in [-0.05, 0) is 70.8 Å². The Labute approximate surface area is 330 Å². The quantitative estimate of drug-likeness (QED) is 0.163. The summed E-state index contributed by atoms with van der Waals surface area (Å²) >= 11 is 0. The molecule has 11 rings (SSSR count). The second-order valence-corrected chi connectivity index (χ2v) is 14.5. The van der Waals surface area contributed by atoms with E-state index in [1.54, 1.807) is 0 Å². The molecule has 0 bridgehead atoms. The van der Waals surface area contributed by atoms with Gasteiger partial charge in [-0.1, -0.05) is 170 Å². The topological polar surface area (TPSA) is 21.3 Å². The van der Waals surface area contributed by atoms with Crippen molar-refractivity contribution >= 4 is 60.8 Å². The smallest absolute Gasteiger partial charge is 0.159 e. The molecule has 0 amide bonds. The predicted octanol–water partition coefficient (Wildman–Crippen LogP) is 15.2. The van der Waals surface area contributed by atoms with Crippen LogP contribution < -0.4 is 4.90 Å². The molecule has 0 atom stereocenters. The fourth-order valence-corrected chi connectivity index (χ4v) is 8.66. The Morgan fingerprint density at radius 3 is 1.70 bits per heavy atom. The van der Waals surface area contributed by atoms with Crippen molar-refractivity contribution in [2.75, 3.05) is 4.90 Å². The molecule has 0 N–H and O–H groups in total. The van der Waals surface area contributed by atoms with E-state index in [2.05, 4.69) is 222 Å². The number of nitrogens with zero attached hydrogens (tertiary/aromatic N) is 2. The molecule has 0 fully saturated rings. The average molecular weight is 729 g/mol. The van der Waals surface area contributed by atoms with Gasteiger partial charge in [0.05, 0.1) is 33.8 Å². The number of furan rings is 1. The second-order valence-electron chi connectivity index (χ2n) is 14.5. The zero-order valence-corrected chi connectivity index (χ0v) is 31.1. The third-order valence-corrected chi connectivity index (χ3v) is 11.2. The summed E-state index contributed by atoms with van der Waals surface area (Å²) in [5.74, 6) is 0. The minimum Gasteiger partial charge on any atom is -0.454 e. The van der Waals surface area contributed by atoms with E-state index >= 15 is 0 Å². The fraction of sp³-hybridized carbons (Fsp3) is 0. The summed E-state index contributed by atoms with van der Waals surface area (Å²) in [6.07, 6.45) is 0. The van der Waals surface area contributed by atoms with Crippen LogP contribution >= 0.6 is 0 Å². The summed E-state index contributed by atoms with van der Waals surface area (Å²) in [5, 5.41) is 4.53. The summed E-state index contributed by atoms with van der Waals surface area (Å²) < 4.78 is 9.25. The summed E-state index contributed by atoms with van der Waals surface area (Å²) in [6.45, 7) is 0. The van der Waals surface area contributed by atoms with Gasteiger partial charge in [-0.3, -0.25) is 0 Å². The highest BCUT2D eigenvalue weighted by Crippen LogP contribution is 2.49. The van der Waals surface area contributed by atoms with Crippen LogP contribution in [0.3, 0.4) is 0 Å². The zero-order valence-electron chi connectivity index (χ0n) is 31.1. The van der Waals surface area contributed by atoms with Crippen LogP contribution in [0, 0.1) is 0 Å². The highest BCUT2D eigenvalue weighted by molar-refractivity contribution is 6.19. The van der Waals surface area contributed by atoms with Crippen molar-refractivity contribution in [3.8, 4) is 39.1 Å². The van der Waals surface area contributed by atoms with Crippen LogP contribution in [-0.2, 0) is 0 Å². The Balaban J connectivity index is 1.23. The molecule has 11 aromatic rings. The van der Waals surface area contributed by atoms with Gasteiger partial charge in [-0.15, -0.1) is 0 Å². The second kappa shape index (κ2) is 13.6. The normalized spacial score (nSPS) is 11.5. The number of hydrogen-bond acceptors (Lipinski definition) is 2. The number of fused-ring (bicyclic) bond motifs is 6. The Morgan fingerprint density at radius 2 is 0.912 bits per heavy atom. The SMILES string of the molecule is c1ccc(-c2ccc(-n3c4ccccc4c4c(N(c5ccccc5-c5ccccc5)c5cccc6c5oc5ccccc56)cccc43)c(-c3ccccc3)c2)cc1. The molecule has 9 aromatic carbocycles. The van der Waals surface area contributed by atoms with E-state index in [9.17, 15) is 0 Å². The van der Waals surface area contributed by atoms with Crippen LogP contribution in [0.2, 0.25) is 0 Å². The fourth-order valence-electron chi connectivity index (χ4n) is 8.66. The number of hydrogen-bond donors (Lipinski definition) is 0. The molecule has 2 aromatic heterocycles. The van der Waals surface area contributed by atoms with Crippen molar-refractivity contribution in [1.29, 1.82) is 0 Å². The lowest BCUT2D eigenvalue weighted by Gasteiger charge is -2.28. The molecule has 0 saturated heterocycles. The maximum absolute atomic E-state index is 6.79. The van der Waals surface area contributed by atoms with Gasteiger partial charge in [-0.25, -0.2) is 0 Å². The monoisotopic (exact) mass is 728 g/mol. The zero-order chi connectivity index (χ0) is 37.7. The van der Waals surface area contributed by atoms with Crippen molar-refractivity contribution in [1.82, 2.24) is 4.57 Å². The molecular weight excluding hydrogens is 693 g/mol. The van der Waals surface area contributed by atoms with Gasteiger partial charge >= 0.3 is 0 Å². The van der Waals surface area contributed by atoms with E-state index in [0.29, 0.717) is 0 Å². The summed E-state index contributed by atoms with van der Waals surface area (Å²) in [5.41, 5.74) is 15.2. The van der Waals surface area contributed by atoms with Gasteiger partial charge in [0.15, 0.2) is 5.58 Å². The molecule has 268 valence electrons. The first-order chi connectivity index (χ1) is 28.3. The van der Waals surface area contributed by atoms with Crippen molar-refractivity contribution in [3.63, 3.8) is 0 Å². The molecule has 0 spiro atoms. The molecule has 0 aliphatic carbocycles. The lowest BCUT2D eigenvalue weighted by atomic mass is 9.97. The van der Waals surface area contributed by atoms with E-state index in [1.807, 2.05) is 6.07 Å². The maximum atomic E-state index is 6.79. The van der Waals surface area contributed by atoms with Crippen molar-refractivity contribution < 1.29 is 4.42 Å². The Hall–Kier alpha value is -7.62. The first kappa shape index (κ1) is 32.8. The molecule has 3 nitrogen and oxygen atoms in total. The van der Waals surface area contributed by atoms with Crippen LogP contribution in [-0.4, -0.2) is 4.57 Å². The Bertz CT molecular complexity index is 3230. The van der Waals surface area contributed by atoms with Gasteiger partial charge in [0, 0.05) is 32.7 Å². The molecule has 0 aliphatic rings. The number of anilines is 3. The summed E-state index contributed by atoms with van der Waals surface area (Å²) in [6, 6.07) is 78.1. The molecule has 0 aliphatic heterocycles. The third kappa shape index (κ3) is 5.43. The minimum atomic E-state index is 0.852. The molecular formula is C54H36N2O. The lowest BCUT2D eigenvalue weighted by molar-refractivity contribution is 0.669. The van der Waals surface area contributed by atoms with Gasteiger partial charge in [-0.2, -0.15) is 0 Å². The minimum absolute atomic E-state index is 0.852. The van der Waals surface area contributed by atoms with Crippen LogP contribution in [0.1, 0.15) is 0 Å². The number of rotatable bonds is 7. The van der Waals surface area contributed by atoms with Crippen LogP contribution in [0.15, 0.2) is 223 Å². The van der Waals surface area contributed by atoms with Crippen LogP contribution in [0.25, 0.3) is 82.8 Å². The van der Waals surface area contributed by atoms with Crippen molar-refractivity contribution in [2.45, 2.75) is 0 Å². The van der Waals surface area contributed by atoms with E-state index in [4.69, 9.17) is 4.42 Å². The van der Waals surface area contributed by atoms with Crippen LogP contribution in [0.5, 0.6) is 0 Å². The number of benzene rings is 9. The van der Waals surface area contributed by atoms with E-state index in [1.165, 1.54) is 27.6 Å². The van der Waals surface area contributed by atoms with Gasteiger partial charge in [0.25, 0.3) is 0 Å². The molecule has 0 unspecified atom stereocenters. The summed E-state index contributed by atoms with van der Waals surface area (Å²) in [7, 11) is 0. The largest absolute Gasteiger partial charge is 0.454 e. The number of para-hydroxylation sites is 4. The van der Waals surface area contributed by atoms with E-state index < -0.39 is 0 Å². The van der Waals surface area contributed by atoms with E-state index in [-0.39, 0.29) is 0 Å². The summed E-state index contributed by atoms with van der Waals surface area (Å²) in [4.78, 5) is 2.42. The van der Waals surface area contributed by atoms with Crippen molar-refractivity contribution in [2.24, 2.45) is 0 Å². The van der Waals surface area contributed by atoms with Gasteiger partial charge < -0.3 is 13.9 Å². The van der Waals surface area contributed by atoms with Gasteiger partial charge in [0.1, 0.15) is 5.58 Å². The highest BCUT2D eigenvalue weighted by Gasteiger charge is 2.26. The average Bonchev–Trinajstić information content (AvgIpc) is 3.84. The first-order valence-electron chi connectivity index (χ1n) is 19.4.